The number of benzene rings is 1. The minimum absolute atomic E-state index is 0.00922. The molecule has 0 saturated carbocycles. The van der Waals surface area contributed by atoms with Gasteiger partial charge in [0.1, 0.15) is 0 Å². The van der Waals surface area contributed by atoms with Crippen molar-refractivity contribution in [2.45, 2.75) is 18.9 Å². The first-order chi connectivity index (χ1) is 8.65. The van der Waals surface area contributed by atoms with Gasteiger partial charge >= 0.3 is 0 Å². The van der Waals surface area contributed by atoms with E-state index < -0.39 is 6.04 Å². The summed E-state index contributed by atoms with van der Waals surface area (Å²) in [6, 6.07) is 9.42. The van der Waals surface area contributed by atoms with E-state index in [0.29, 0.717) is 6.42 Å². The zero-order valence-electron chi connectivity index (χ0n) is 11.2. The van der Waals surface area contributed by atoms with Gasteiger partial charge in [0, 0.05) is 13.6 Å². The highest BCUT2D eigenvalue weighted by Gasteiger charge is 2.17. The molecule has 0 saturated heterocycles. The van der Waals surface area contributed by atoms with Crippen LogP contribution in [0.1, 0.15) is 12.0 Å². The number of likely N-dealkylation sites (N-methyl/N-ethyl adjacent to an activating group) is 1. The lowest BCUT2D eigenvalue weighted by Gasteiger charge is -2.21. The number of amides is 1. The lowest BCUT2D eigenvalue weighted by molar-refractivity contribution is -0.131. The number of rotatable bonds is 7. The summed E-state index contributed by atoms with van der Waals surface area (Å²) in [5, 5.41) is 3.06. The van der Waals surface area contributed by atoms with Crippen LogP contribution in [-0.4, -0.2) is 44.0 Å². The molecule has 0 aliphatic heterocycles. The Labute approximate surface area is 109 Å². The molecule has 18 heavy (non-hydrogen) atoms. The van der Waals surface area contributed by atoms with E-state index >= 15 is 0 Å². The van der Waals surface area contributed by atoms with Crippen LogP contribution in [0.2, 0.25) is 0 Å². The van der Waals surface area contributed by atoms with E-state index in [2.05, 4.69) is 5.32 Å². The number of hydrogen-bond donors (Lipinski definition) is 2. The molecule has 0 aromatic heterocycles. The second kappa shape index (κ2) is 7.84. The van der Waals surface area contributed by atoms with Crippen molar-refractivity contribution in [3.63, 3.8) is 0 Å². The first kappa shape index (κ1) is 14.7. The highest BCUT2D eigenvalue weighted by atomic mass is 16.2. The molecule has 0 spiro atoms. The van der Waals surface area contributed by atoms with Crippen LogP contribution in [0.15, 0.2) is 30.3 Å². The van der Waals surface area contributed by atoms with Gasteiger partial charge in [-0.1, -0.05) is 30.3 Å². The van der Waals surface area contributed by atoms with E-state index in [1.807, 2.05) is 44.4 Å². The fourth-order valence-corrected chi connectivity index (χ4v) is 1.84. The zero-order valence-corrected chi connectivity index (χ0v) is 11.2. The number of carbonyl (C=O) groups is 1. The SMILES string of the molecule is CNCCCN(C)C(=O)[C@@H](N)Cc1ccccc1. The number of nitrogens with two attached hydrogens (primary N) is 1. The van der Waals surface area contributed by atoms with Crippen molar-refractivity contribution in [3.8, 4) is 0 Å². The van der Waals surface area contributed by atoms with Gasteiger partial charge in [0.2, 0.25) is 5.91 Å². The van der Waals surface area contributed by atoms with Crippen LogP contribution in [0.5, 0.6) is 0 Å². The topological polar surface area (TPSA) is 58.4 Å². The molecule has 0 aliphatic rings. The molecule has 4 heteroatoms. The summed E-state index contributed by atoms with van der Waals surface area (Å²) in [5.74, 6) is 0.00922. The molecule has 1 aromatic rings. The molecular formula is C14H23N3O. The van der Waals surface area contributed by atoms with E-state index in [-0.39, 0.29) is 5.91 Å². The Morgan fingerprint density at radius 1 is 1.39 bits per heavy atom. The highest BCUT2D eigenvalue weighted by Crippen LogP contribution is 2.04. The molecule has 1 amide bonds. The highest BCUT2D eigenvalue weighted by molar-refractivity contribution is 5.81. The van der Waals surface area contributed by atoms with E-state index in [9.17, 15) is 4.79 Å². The van der Waals surface area contributed by atoms with E-state index in [4.69, 9.17) is 5.73 Å². The van der Waals surface area contributed by atoms with Gasteiger partial charge in [0.05, 0.1) is 6.04 Å². The van der Waals surface area contributed by atoms with Gasteiger partial charge in [-0.25, -0.2) is 0 Å². The smallest absolute Gasteiger partial charge is 0.239 e. The second-order valence-corrected chi connectivity index (χ2v) is 4.51. The molecule has 3 N–H and O–H groups in total. The van der Waals surface area contributed by atoms with Crippen molar-refractivity contribution < 1.29 is 4.79 Å². The third-order valence-corrected chi connectivity index (χ3v) is 2.91. The average molecular weight is 249 g/mol. The minimum atomic E-state index is -0.452. The zero-order chi connectivity index (χ0) is 13.4. The summed E-state index contributed by atoms with van der Waals surface area (Å²) in [7, 11) is 3.71. The Hall–Kier alpha value is -1.39. The average Bonchev–Trinajstić information content (AvgIpc) is 2.39. The van der Waals surface area contributed by atoms with Gasteiger partial charge in [-0.15, -0.1) is 0 Å². The number of carbonyl (C=O) groups excluding carboxylic acids is 1. The summed E-state index contributed by atoms with van der Waals surface area (Å²) in [6.45, 7) is 1.65. The van der Waals surface area contributed by atoms with Crippen molar-refractivity contribution in [2.24, 2.45) is 5.73 Å². The normalized spacial score (nSPS) is 12.2. The monoisotopic (exact) mass is 249 g/mol. The van der Waals surface area contributed by atoms with Crippen LogP contribution in [-0.2, 0) is 11.2 Å². The largest absolute Gasteiger partial charge is 0.344 e. The Morgan fingerprint density at radius 3 is 2.67 bits per heavy atom. The van der Waals surface area contributed by atoms with Crippen molar-refractivity contribution >= 4 is 5.91 Å². The Balaban J connectivity index is 2.41. The Morgan fingerprint density at radius 2 is 2.06 bits per heavy atom. The molecule has 0 unspecified atom stereocenters. The van der Waals surface area contributed by atoms with Gasteiger partial charge in [-0.2, -0.15) is 0 Å². The Bertz CT molecular complexity index is 353. The fourth-order valence-electron chi connectivity index (χ4n) is 1.84. The molecule has 100 valence electrons. The van der Waals surface area contributed by atoms with Gasteiger partial charge in [-0.3, -0.25) is 4.79 Å². The molecule has 0 fully saturated rings. The molecule has 0 bridgehead atoms. The quantitative estimate of drug-likeness (QED) is 0.697. The lowest BCUT2D eigenvalue weighted by Crippen LogP contribution is -2.43. The Kier molecular flexibility index (Phi) is 6.39. The molecule has 1 rings (SSSR count). The van der Waals surface area contributed by atoms with Gasteiger partial charge < -0.3 is 16.0 Å². The van der Waals surface area contributed by atoms with Crippen molar-refractivity contribution in [1.29, 1.82) is 0 Å². The summed E-state index contributed by atoms with van der Waals surface area (Å²) < 4.78 is 0. The minimum Gasteiger partial charge on any atom is -0.344 e. The van der Waals surface area contributed by atoms with Gasteiger partial charge in [0.25, 0.3) is 0 Å². The summed E-state index contributed by atoms with van der Waals surface area (Å²) in [5.41, 5.74) is 7.05. The third kappa shape index (κ3) is 4.85. The molecule has 1 aromatic carbocycles. The summed E-state index contributed by atoms with van der Waals surface area (Å²) >= 11 is 0. The fraction of sp³-hybridized carbons (Fsp3) is 0.500. The van der Waals surface area contributed by atoms with Crippen LogP contribution in [0.25, 0.3) is 0 Å². The molecule has 0 heterocycles. The van der Waals surface area contributed by atoms with Crippen molar-refractivity contribution in [3.05, 3.63) is 35.9 Å². The second-order valence-electron chi connectivity index (χ2n) is 4.51. The third-order valence-electron chi connectivity index (χ3n) is 2.91. The van der Waals surface area contributed by atoms with E-state index in [1.54, 1.807) is 4.90 Å². The number of hydrogen-bond acceptors (Lipinski definition) is 3. The van der Waals surface area contributed by atoms with Crippen molar-refractivity contribution in [1.82, 2.24) is 10.2 Å². The predicted octanol–water partition coefficient (Wildman–Crippen LogP) is 0.624. The maximum absolute atomic E-state index is 12.0. The molecule has 1 atom stereocenters. The van der Waals surface area contributed by atoms with E-state index in [1.165, 1.54) is 0 Å². The van der Waals surface area contributed by atoms with Crippen LogP contribution < -0.4 is 11.1 Å². The molecule has 0 radical (unpaired) electrons. The first-order valence-electron chi connectivity index (χ1n) is 6.34. The van der Waals surface area contributed by atoms with E-state index in [0.717, 1.165) is 25.1 Å². The molecule has 0 aliphatic carbocycles. The lowest BCUT2D eigenvalue weighted by atomic mass is 10.1. The van der Waals surface area contributed by atoms with Gasteiger partial charge in [-0.05, 0) is 32.0 Å². The maximum Gasteiger partial charge on any atom is 0.239 e. The summed E-state index contributed by atoms with van der Waals surface area (Å²) in [6.07, 6.45) is 1.53. The van der Waals surface area contributed by atoms with Crippen molar-refractivity contribution in [2.75, 3.05) is 27.2 Å². The van der Waals surface area contributed by atoms with Gasteiger partial charge in [0.15, 0.2) is 0 Å². The maximum atomic E-state index is 12.0. The first-order valence-corrected chi connectivity index (χ1v) is 6.34. The van der Waals surface area contributed by atoms with Crippen LogP contribution in [0.3, 0.4) is 0 Å². The number of nitrogens with zero attached hydrogens (tertiary/aromatic N) is 1. The van der Waals surface area contributed by atoms with Crippen LogP contribution >= 0.6 is 0 Å². The molecule has 4 nitrogen and oxygen atoms in total. The van der Waals surface area contributed by atoms with Crippen LogP contribution in [0, 0.1) is 0 Å². The standard InChI is InChI=1S/C14H23N3O/c1-16-9-6-10-17(2)14(18)13(15)11-12-7-4-3-5-8-12/h3-5,7-8,13,16H,6,9-11,15H2,1-2H3/t13-/m0/s1. The number of nitrogens with one attached hydrogen (secondary N) is 1. The molecular weight excluding hydrogens is 226 g/mol. The predicted molar refractivity (Wildman–Crippen MR) is 74.3 cm³/mol. The van der Waals surface area contributed by atoms with Crippen LogP contribution in [0.4, 0.5) is 0 Å². The summed E-state index contributed by atoms with van der Waals surface area (Å²) in [4.78, 5) is 13.7.